The van der Waals surface area contributed by atoms with E-state index in [-0.39, 0.29) is 12.2 Å². The van der Waals surface area contributed by atoms with Gasteiger partial charge in [0.05, 0.1) is 25.4 Å². The Labute approximate surface area is 96.8 Å². The van der Waals surface area contributed by atoms with Crippen molar-refractivity contribution in [3.05, 3.63) is 0 Å². The van der Waals surface area contributed by atoms with E-state index in [0.29, 0.717) is 19.1 Å². The molecule has 2 unspecified atom stereocenters. The summed E-state index contributed by atoms with van der Waals surface area (Å²) in [6.07, 6.45) is 0.398. The third kappa shape index (κ3) is 3.96. The van der Waals surface area contributed by atoms with Crippen LogP contribution in [0.4, 0.5) is 0 Å². The highest BCUT2D eigenvalue weighted by atomic mass is 16.5. The van der Waals surface area contributed by atoms with Crippen LogP contribution in [0.15, 0.2) is 4.99 Å². The maximum Gasteiger partial charge on any atom is 0.208 e. The molecule has 2 atom stereocenters. The topological polar surface area (TPSA) is 72.1 Å². The first-order valence-electron chi connectivity index (χ1n) is 5.57. The Hall–Kier alpha value is -0.850. The molecule has 94 valence electrons. The van der Waals surface area contributed by atoms with Crippen LogP contribution in [0.1, 0.15) is 13.8 Å². The molecule has 1 saturated heterocycles. The van der Waals surface area contributed by atoms with Crippen molar-refractivity contribution in [2.24, 2.45) is 10.8 Å². The Balaban J connectivity index is 2.54. The first kappa shape index (κ1) is 13.2. The van der Waals surface area contributed by atoms with Crippen molar-refractivity contribution in [1.82, 2.24) is 10.3 Å². The van der Waals surface area contributed by atoms with E-state index >= 15 is 0 Å². The molecule has 1 aliphatic rings. The van der Waals surface area contributed by atoms with E-state index in [1.807, 2.05) is 13.8 Å². The SMILES string of the molecule is COCCN=C(NN)N1CC(C)OC(C)C1. The number of rotatable bonds is 3. The average Bonchev–Trinajstić information content (AvgIpc) is 2.23. The van der Waals surface area contributed by atoms with Crippen molar-refractivity contribution in [3.63, 3.8) is 0 Å². The van der Waals surface area contributed by atoms with E-state index in [4.69, 9.17) is 15.3 Å². The Morgan fingerprint density at radius 1 is 1.50 bits per heavy atom. The van der Waals surface area contributed by atoms with Crippen LogP contribution in [0.2, 0.25) is 0 Å². The largest absolute Gasteiger partial charge is 0.383 e. The molecule has 1 aliphatic heterocycles. The molecular formula is C10H22N4O2. The van der Waals surface area contributed by atoms with Crippen molar-refractivity contribution < 1.29 is 9.47 Å². The van der Waals surface area contributed by atoms with Gasteiger partial charge in [-0.15, -0.1) is 0 Å². The second-order valence-electron chi connectivity index (χ2n) is 4.00. The highest BCUT2D eigenvalue weighted by Crippen LogP contribution is 2.10. The molecule has 6 nitrogen and oxygen atoms in total. The molecule has 0 aliphatic carbocycles. The van der Waals surface area contributed by atoms with Gasteiger partial charge >= 0.3 is 0 Å². The lowest BCUT2D eigenvalue weighted by molar-refractivity contribution is -0.0490. The highest BCUT2D eigenvalue weighted by molar-refractivity contribution is 5.79. The van der Waals surface area contributed by atoms with Gasteiger partial charge in [-0.25, -0.2) is 10.8 Å². The molecule has 1 fully saturated rings. The van der Waals surface area contributed by atoms with Gasteiger partial charge < -0.3 is 14.4 Å². The van der Waals surface area contributed by atoms with Gasteiger partial charge in [0.15, 0.2) is 0 Å². The normalized spacial score (nSPS) is 27.0. The number of nitrogens with two attached hydrogens (primary N) is 1. The molecule has 0 radical (unpaired) electrons. The third-order valence-corrected chi connectivity index (χ3v) is 2.41. The Morgan fingerprint density at radius 2 is 2.12 bits per heavy atom. The molecule has 0 saturated carbocycles. The van der Waals surface area contributed by atoms with Crippen molar-refractivity contribution >= 4 is 5.96 Å². The number of guanidine groups is 1. The number of nitrogens with one attached hydrogen (secondary N) is 1. The number of nitrogens with zero attached hydrogens (tertiary/aromatic N) is 2. The fourth-order valence-corrected chi connectivity index (χ4v) is 1.83. The molecule has 0 aromatic carbocycles. The summed E-state index contributed by atoms with van der Waals surface area (Å²) in [6.45, 7) is 6.91. The van der Waals surface area contributed by atoms with E-state index in [9.17, 15) is 0 Å². The fraction of sp³-hybridized carbons (Fsp3) is 0.900. The van der Waals surface area contributed by atoms with Crippen LogP contribution in [0, 0.1) is 0 Å². The molecule has 6 heteroatoms. The summed E-state index contributed by atoms with van der Waals surface area (Å²) < 4.78 is 10.6. The van der Waals surface area contributed by atoms with Crippen LogP contribution in [-0.2, 0) is 9.47 Å². The molecular weight excluding hydrogens is 208 g/mol. The van der Waals surface area contributed by atoms with Crippen molar-refractivity contribution in [3.8, 4) is 0 Å². The quantitative estimate of drug-likeness (QED) is 0.226. The minimum absolute atomic E-state index is 0.199. The van der Waals surface area contributed by atoms with Crippen LogP contribution in [-0.4, -0.2) is 56.4 Å². The number of hydrazine groups is 1. The maximum atomic E-state index is 5.65. The molecule has 3 N–H and O–H groups in total. The Kier molecular flexibility index (Phi) is 5.51. The molecule has 0 aromatic rings. The summed E-state index contributed by atoms with van der Waals surface area (Å²) in [5.74, 6) is 6.18. The minimum atomic E-state index is 0.199. The molecule has 0 amide bonds. The Morgan fingerprint density at radius 3 is 2.62 bits per heavy atom. The summed E-state index contributed by atoms with van der Waals surface area (Å²) in [6, 6.07) is 0. The van der Waals surface area contributed by atoms with E-state index < -0.39 is 0 Å². The van der Waals surface area contributed by atoms with Gasteiger partial charge in [0.2, 0.25) is 5.96 Å². The van der Waals surface area contributed by atoms with Crippen LogP contribution >= 0.6 is 0 Å². The summed E-state index contributed by atoms with van der Waals surface area (Å²) in [4.78, 5) is 6.46. The van der Waals surface area contributed by atoms with Crippen LogP contribution in [0.5, 0.6) is 0 Å². The number of hydrogen-bond donors (Lipinski definition) is 2. The van der Waals surface area contributed by atoms with Gasteiger partial charge in [-0.2, -0.15) is 0 Å². The number of ether oxygens (including phenoxy) is 2. The summed E-state index contributed by atoms with van der Waals surface area (Å²) in [5.41, 5.74) is 2.64. The second-order valence-corrected chi connectivity index (χ2v) is 4.00. The highest BCUT2D eigenvalue weighted by Gasteiger charge is 2.24. The van der Waals surface area contributed by atoms with Crippen molar-refractivity contribution in [1.29, 1.82) is 0 Å². The molecule has 0 aromatic heterocycles. The van der Waals surface area contributed by atoms with Gasteiger partial charge in [0, 0.05) is 20.2 Å². The lowest BCUT2D eigenvalue weighted by atomic mass is 10.2. The lowest BCUT2D eigenvalue weighted by Crippen LogP contribution is -2.54. The predicted octanol–water partition coefficient (Wildman–Crippen LogP) is -0.439. The second kappa shape index (κ2) is 6.67. The van der Waals surface area contributed by atoms with Crippen LogP contribution in [0.25, 0.3) is 0 Å². The van der Waals surface area contributed by atoms with E-state index in [1.54, 1.807) is 7.11 Å². The van der Waals surface area contributed by atoms with Gasteiger partial charge in [-0.3, -0.25) is 5.43 Å². The van der Waals surface area contributed by atoms with Gasteiger partial charge in [-0.05, 0) is 13.8 Å². The zero-order valence-electron chi connectivity index (χ0n) is 10.3. The summed E-state index contributed by atoms with van der Waals surface area (Å²) in [5, 5.41) is 0. The molecule has 0 bridgehead atoms. The van der Waals surface area contributed by atoms with Gasteiger partial charge in [-0.1, -0.05) is 0 Å². The first-order chi connectivity index (χ1) is 7.67. The minimum Gasteiger partial charge on any atom is -0.383 e. The number of morpholine rings is 1. The summed E-state index contributed by atoms with van der Waals surface area (Å²) in [7, 11) is 1.66. The van der Waals surface area contributed by atoms with Crippen LogP contribution in [0.3, 0.4) is 0 Å². The molecule has 16 heavy (non-hydrogen) atoms. The maximum absolute atomic E-state index is 5.65. The van der Waals surface area contributed by atoms with Crippen molar-refractivity contribution in [2.45, 2.75) is 26.1 Å². The smallest absolute Gasteiger partial charge is 0.208 e. The number of methoxy groups -OCH3 is 1. The molecule has 0 spiro atoms. The van der Waals surface area contributed by atoms with E-state index in [2.05, 4.69) is 15.3 Å². The monoisotopic (exact) mass is 230 g/mol. The molecule has 1 heterocycles. The Bertz CT molecular complexity index is 225. The summed E-state index contributed by atoms with van der Waals surface area (Å²) >= 11 is 0. The van der Waals surface area contributed by atoms with E-state index in [1.165, 1.54) is 0 Å². The average molecular weight is 230 g/mol. The zero-order chi connectivity index (χ0) is 12.0. The first-order valence-corrected chi connectivity index (χ1v) is 5.57. The van der Waals surface area contributed by atoms with Gasteiger partial charge in [0.1, 0.15) is 0 Å². The molecule has 1 rings (SSSR count). The standard InChI is InChI=1S/C10H22N4O2/c1-8-6-14(7-9(2)16-8)10(13-11)12-4-5-15-3/h8-9H,4-7,11H2,1-3H3,(H,12,13). The number of aliphatic imine (C=N–C) groups is 1. The lowest BCUT2D eigenvalue weighted by Gasteiger charge is -2.36. The predicted molar refractivity (Wildman–Crippen MR) is 63.1 cm³/mol. The zero-order valence-corrected chi connectivity index (χ0v) is 10.3. The fourth-order valence-electron chi connectivity index (χ4n) is 1.83. The van der Waals surface area contributed by atoms with Gasteiger partial charge in [0.25, 0.3) is 0 Å². The van der Waals surface area contributed by atoms with E-state index in [0.717, 1.165) is 13.1 Å². The van der Waals surface area contributed by atoms with Crippen LogP contribution < -0.4 is 11.3 Å². The van der Waals surface area contributed by atoms with Crippen molar-refractivity contribution in [2.75, 3.05) is 33.4 Å². The third-order valence-electron chi connectivity index (χ3n) is 2.41. The number of hydrogen-bond acceptors (Lipinski definition) is 4.